The summed E-state index contributed by atoms with van der Waals surface area (Å²) in [5.74, 6) is -0.0199. The van der Waals surface area contributed by atoms with Crippen molar-refractivity contribution in [2.45, 2.75) is 25.8 Å². The lowest BCUT2D eigenvalue weighted by atomic mass is 10.1. The molecule has 162 valence electrons. The number of likely N-dealkylation sites (tertiary alicyclic amines) is 1. The fraction of sp³-hybridized carbons (Fsp3) is 0.600. The molecule has 9 heteroatoms. The maximum Gasteiger partial charge on any atom is 0.236 e. The van der Waals surface area contributed by atoms with Gasteiger partial charge in [0.15, 0.2) is 5.96 Å². The monoisotopic (exact) mass is 521 g/mol. The predicted molar refractivity (Wildman–Crippen MR) is 120 cm³/mol. The lowest BCUT2D eigenvalue weighted by Crippen LogP contribution is -2.54. The summed E-state index contributed by atoms with van der Waals surface area (Å²) in [4.78, 5) is 22.9. The van der Waals surface area contributed by atoms with Gasteiger partial charge in [0.25, 0.3) is 0 Å². The average Bonchev–Trinajstić information content (AvgIpc) is 2.72. The van der Waals surface area contributed by atoms with Crippen LogP contribution in [0.4, 0.5) is 8.78 Å². The first kappa shape index (κ1) is 23.8. The zero-order chi connectivity index (χ0) is 19.9. The lowest BCUT2D eigenvalue weighted by molar-refractivity contribution is -0.133. The third-order valence-corrected chi connectivity index (χ3v) is 5.40. The number of nitrogens with one attached hydrogen (secondary N) is 1. The number of guanidine groups is 1. The Balaban J connectivity index is 0.00000300. The number of aliphatic imine (C=N–C) groups is 1. The minimum atomic E-state index is -0.458. The van der Waals surface area contributed by atoms with E-state index in [2.05, 4.69) is 20.1 Å². The van der Waals surface area contributed by atoms with E-state index in [0.29, 0.717) is 12.5 Å². The summed E-state index contributed by atoms with van der Waals surface area (Å²) in [7, 11) is 1.68. The molecular formula is C20H30F2IN5O. The van der Waals surface area contributed by atoms with Crippen LogP contribution in [0, 0.1) is 11.6 Å². The van der Waals surface area contributed by atoms with Crippen LogP contribution >= 0.6 is 24.0 Å². The summed E-state index contributed by atoms with van der Waals surface area (Å²) in [5, 5.41) is 3.11. The molecule has 2 heterocycles. The molecule has 0 atom stereocenters. The SMILES string of the molecule is CN=C(NCc1cc(F)ccc1F)N1CCN(CC(=O)N2CCCCC2)CC1.I. The molecule has 0 aliphatic carbocycles. The zero-order valence-corrected chi connectivity index (χ0v) is 19.2. The van der Waals surface area contributed by atoms with Crippen molar-refractivity contribution in [1.82, 2.24) is 20.0 Å². The van der Waals surface area contributed by atoms with Crippen molar-refractivity contribution in [3.63, 3.8) is 0 Å². The number of halogens is 3. The van der Waals surface area contributed by atoms with Gasteiger partial charge in [-0.15, -0.1) is 24.0 Å². The van der Waals surface area contributed by atoms with Gasteiger partial charge in [-0.3, -0.25) is 14.7 Å². The Morgan fingerprint density at radius 1 is 1.03 bits per heavy atom. The van der Waals surface area contributed by atoms with Crippen molar-refractivity contribution in [1.29, 1.82) is 0 Å². The molecule has 0 aromatic heterocycles. The van der Waals surface area contributed by atoms with Gasteiger partial charge in [0, 0.05) is 58.4 Å². The van der Waals surface area contributed by atoms with Crippen molar-refractivity contribution >= 4 is 35.8 Å². The summed E-state index contributed by atoms with van der Waals surface area (Å²) in [5.41, 5.74) is 0.270. The molecule has 6 nitrogen and oxygen atoms in total. The fourth-order valence-electron chi connectivity index (χ4n) is 3.74. The minimum absolute atomic E-state index is 0. The van der Waals surface area contributed by atoms with E-state index in [0.717, 1.165) is 64.2 Å². The lowest BCUT2D eigenvalue weighted by Gasteiger charge is -2.37. The topological polar surface area (TPSA) is 51.2 Å². The van der Waals surface area contributed by atoms with Crippen LogP contribution < -0.4 is 5.32 Å². The van der Waals surface area contributed by atoms with Crippen LogP contribution in [0.3, 0.4) is 0 Å². The first-order valence-electron chi connectivity index (χ1n) is 9.96. The van der Waals surface area contributed by atoms with E-state index in [4.69, 9.17) is 0 Å². The van der Waals surface area contributed by atoms with Gasteiger partial charge in [-0.05, 0) is 37.5 Å². The minimum Gasteiger partial charge on any atom is -0.352 e. The van der Waals surface area contributed by atoms with Crippen molar-refractivity contribution in [3.05, 3.63) is 35.4 Å². The molecule has 2 aliphatic heterocycles. The summed E-state index contributed by atoms with van der Waals surface area (Å²) in [6, 6.07) is 3.44. The second-order valence-electron chi connectivity index (χ2n) is 7.34. The van der Waals surface area contributed by atoms with E-state index in [9.17, 15) is 13.6 Å². The quantitative estimate of drug-likeness (QED) is 0.376. The Bertz CT molecular complexity index is 704. The summed E-state index contributed by atoms with van der Waals surface area (Å²) in [6.07, 6.45) is 3.43. The molecule has 0 bridgehead atoms. The summed E-state index contributed by atoms with van der Waals surface area (Å²) >= 11 is 0. The first-order chi connectivity index (χ1) is 13.6. The molecule has 29 heavy (non-hydrogen) atoms. The number of piperidine rings is 1. The number of carbonyl (C=O) groups is 1. The Kier molecular flexibility index (Phi) is 9.54. The molecule has 1 aromatic rings. The van der Waals surface area contributed by atoms with Crippen molar-refractivity contribution in [2.75, 3.05) is 52.9 Å². The van der Waals surface area contributed by atoms with Crippen LogP contribution in [-0.4, -0.2) is 79.4 Å². The third-order valence-electron chi connectivity index (χ3n) is 5.40. The number of hydrogen-bond donors (Lipinski definition) is 1. The van der Waals surface area contributed by atoms with Crippen LogP contribution in [0.1, 0.15) is 24.8 Å². The maximum absolute atomic E-state index is 13.8. The number of nitrogens with zero attached hydrogens (tertiary/aromatic N) is 4. The summed E-state index contributed by atoms with van der Waals surface area (Å²) < 4.78 is 27.1. The second kappa shape index (κ2) is 11.6. The van der Waals surface area contributed by atoms with Gasteiger partial charge in [0.05, 0.1) is 6.54 Å². The average molecular weight is 521 g/mol. The highest BCUT2D eigenvalue weighted by molar-refractivity contribution is 14.0. The van der Waals surface area contributed by atoms with Crippen LogP contribution in [0.2, 0.25) is 0 Å². The first-order valence-corrected chi connectivity index (χ1v) is 9.96. The molecule has 2 aliphatic rings. The molecule has 0 radical (unpaired) electrons. The van der Waals surface area contributed by atoms with E-state index in [-0.39, 0.29) is 42.0 Å². The zero-order valence-electron chi connectivity index (χ0n) is 16.9. The fourth-order valence-corrected chi connectivity index (χ4v) is 3.74. The van der Waals surface area contributed by atoms with Crippen molar-refractivity contribution < 1.29 is 13.6 Å². The molecule has 0 spiro atoms. The molecule has 0 unspecified atom stereocenters. The number of carbonyl (C=O) groups excluding carboxylic acids is 1. The standard InChI is InChI=1S/C20H29F2N5O.HI/c1-23-20(24-14-16-13-17(21)5-6-18(16)22)27-11-9-25(10-12-27)15-19(28)26-7-3-2-4-8-26;/h5-6,13H,2-4,7-12,14-15H2,1H3,(H,23,24);1H. The number of amides is 1. The van der Waals surface area contributed by atoms with Gasteiger partial charge in [0.1, 0.15) is 11.6 Å². The molecule has 1 aromatic carbocycles. The Morgan fingerprint density at radius 3 is 2.38 bits per heavy atom. The third kappa shape index (κ3) is 6.77. The van der Waals surface area contributed by atoms with Crippen molar-refractivity contribution in [3.8, 4) is 0 Å². The van der Waals surface area contributed by atoms with Gasteiger partial charge in [-0.1, -0.05) is 0 Å². The number of piperazine rings is 1. The van der Waals surface area contributed by atoms with E-state index >= 15 is 0 Å². The van der Waals surface area contributed by atoms with Gasteiger partial charge < -0.3 is 15.1 Å². The highest BCUT2D eigenvalue weighted by Gasteiger charge is 2.24. The molecule has 1 amide bonds. The van der Waals surface area contributed by atoms with E-state index in [1.807, 2.05) is 4.90 Å². The van der Waals surface area contributed by atoms with E-state index < -0.39 is 11.6 Å². The maximum atomic E-state index is 13.8. The highest BCUT2D eigenvalue weighted by atomic mass is 127. The van der Waals surface area contributed by atoms with Gasteiger partial charge >= 0.3 is 0 Å². The largest absolute Gasteiger partial charge is 0.352 e. The Morgan fingerprint density at radius 2 is 1.72 bits per heavy atom. The molecule has 1 N–H and O–H groups in total. The van der Waals surface area contributed by atoms with Crippen LogP contribution in [0.15, 0.2) is 23.2 Å². The van der Waals surface area contributed by atoms with Crippen molar-refractivity contribution in [2.24, 2.45) is 4.99 Å². The summed E-state index contributed by atoms with van der Waals surface area (Å²) in [6.45, 7) is 5.41. The van der Waals surface area contributed by atoms with E-state index in [1.54, 1.807) is 7.05 Å². The normalized spacial score (nSPS) is 18.4. The van der Waals surface area contributed by atoms with Gasteiger partial charge in [-0.2, -0.15) is 0 Å². The van der Waals surface area contributed by atoms with Crippen LogP contribution in [0.5, 0.6) is 0 Å². The molecule has 0 saturated carbocycles. The van der Waals surface area contributed by atoms with Gasteiger partial charge in [-0.25, -0.2) is 8.78 Å². The predicted octanol–water partition coefficient (Wildman–Crippen LogP) is 2.29. The molecule has 2 fully saturated rings. The number of hydrogen-bond acceptors (Lipinski definition) is 3. The Hall–Kier alpha value is -1.49. The molecular weight excluding hydrogens is 491 g/mol. The Labute approximate surface area is 188 Å². The highest BCUT2D eigenvalue weighted by Crippen LogP contribution is 2.11. The number of rotatable bonds is 4. The number of benzene rings is 1. The molecule has 3 rings (SSSR count). The van der Waals surface area contributed by atoms with Gasteiger partial charge in [0.2, 0.25) is 5.91 Å². The smallest absolute Gasteiger partial charge is 0.236 e. The second-order valence-corrected chi connectivity index (χ2v) is 7.34. The van der Waals surface area contributed by atoms with E-state index in [1.165, 1.54) is 12.5 Å². The van der Waals surface area contributed by atoms with Crippen LogP contribution in [0.25, 0.3) is 0 Å². The molecule has 2 saturated heterocycles. The van der Waals surface area contributed by atoms with Crippen LogP contribution in [-0.2, 0) is 11.3 Å².